The molecule has 1 rings (SSSR count). The molecule has 1 aliphatic heterocycles. The maximum atomic E-state index is 8.61. The molecule has 1 N–H and O–H groups in total. The number of thioether (sulfide) groups is 1. The van der Waals surface area contributed by atoms with Gasteiger partial charge < -0.3 is 9.84 Å². The van der Waals surface area contributed by atoms with Gasteiger partial charge in [0.2, 0.25) is 0 Å². The molecule has 4 heteroatoms. The van der Waals surface area contributed by atoms with Crippen LogP contribution < -0.4 is 0 Å². The minimum atomic E-state index is 0.346. The van der Waals surface area contributed by atoms with Gasteiger partial charge in [0.1, 0.15) is 0 Å². The summed E-state index contributed by atoms with van der Waals surface area (Å²) in [5, 5.41) is 8.61. The maximum absolute atomic E-state index is 8.61. The Hall–Kier alpha value is 0.230. The minimum absolute atomic E-state index is 0.346. The first-order valence-electron chi connectivity index (χ1n) is 5.92. The molecule has 3 nitrogen and oxygen atoms in total. The Bertz CT molecular complexity index is 141. The summed E-state index contributed by atoms with van der Waals surface area (Å²) in [5.74, 6) is 2.48. The average Bonchev–Trinajstić information content (AvgIpc) is 2.29. The molecule has 1 aliphatic rings. The average molecular weight is 233 g/mol. The Labute approximate surface area is 97.2 Å². The number of nitrogens with zero attached hydrogens (tertiary/aromatic N) is 1. The zero-order chi connectivity index (χ0) is 10.8. The van der Waals surface area contributed by atoms with Crippen LogP contribution in [-0.4, -0.2) is 61.0 Å². The molecule has 0 aliphatic carbocycles. The third-order valence-electron chi connectivity index (χ3n) is 2.60. The lowest BCUT2D eigenvalue weighted by Crippen LogP contribution is -2.37. The van der Waals surface area contributed by atoms with E-state index >= 15 is 0 Å². The molecular weight excluding hydrogens is 210 g/mol. The van der Waals surface area contributed by atoms with Crippen LogP contribution in [0.3, 0.4) is 0 Å². The van der Waals surface area contributed by atoms with Crippen LogP contribution in [0.4, 0.5) is 0 Å². The molecule has 1 fully saturated rings. The first-order chi connectivity index (χ1) is 7.43. The molecule has 0 radical (unpaired) electrons. The molecule has 0 aromatic rings. The summed E-state index contributed by atoms with van der Waals surface area (Å²) in [5.41, 5.74) is 0. The summed E-state index contributed by atoms with van der Waals surface area (Å²) in [6.45, 7) is 5.56. The molecule has 90 valence electrons. The van der Waals surface area contributed by atoms with Gasteiger partial charge in [0.05, 0.1) is 13.2 Å². The standard InChI is InChI=1S/C11H23NO2S/c13-7-2-1-3-10-15-11-6-12-4-8-14-9-5-12/h13H,1-11H2. The summed E-state index contributed by atoms with van der Waals surface area (Å²) in [6, 6.07) is 0. The molecule has 0 aromatic heterocycles. The lowest BCUT2D eigenvalue weighted by Gasteiger charge is -2.26. The number of rotatable bonds is 8. The first kappa shape index (κ1) is 13.3. The smallest absolute Gasteiger partial charge is 0.0594 e. The van der Waals surface area contributed by atoms with E-state index in [1.165, 1.54) is 30.9 Å². The number of hydrogen-bond acceptors (Lipinski definition) is 4. The van der Waals surface area contributed by atoms with Crippen molar-refractivity contribution in [2.45, 2.75) is 19.3 Å². The summed E-state index contributed by atoms with van der Waals surface area (Å²) in [7, 11) is 0. The molecule has 15 heavy (non-hydrogen) atoms. The third-order valence-corrected chi connectivity index (χ3v) is 3.65. The quantitative estimate of drug-likeness (QED) is 0.639. The van der Waals surface area contributed by atoms with Crippen molar-refractivity contribution in [2.75, 3.05) is 51.0 Å². The van der Waals surface area contributed by atoms with Crippen LogP contribution in [-0.2, 0) is 4.74 Å². The normalized spacial score (nSPS) is 18.2. The number of morpholine rings is 1. The number of ether oxygens (including phenoxy) is 1. The van der Waals surface area contributed by atoms with Crippen LogP contribution in [0.2, 0.25) is 0 Å². The van der Waals surface area contributed by atoms with E-state index in [1.807, 2.05) is 11.8 Å². The van der Waals surface area contributed by atoms with E-state index in [9.17, 15) is 0 Å². The number of aliphatic hydroxyl groups excluding tert-OH is 1. The molecule has 0 saturated carbocycles. The molecular formula is C11H23NO2S. The highest BCUT2D eigenvalue weighted by atomic mass is 32.2. The van der Waals surface area contributed by atoms with E-state index < -0.39 is 0 Å². The molecule has 0 aromatic carbocycles. The lowest BCUT2D eigenvalue weighted by molar-refractivity contribution is 0.0410. The molecule has 0 atom stereocenters. The fourth-order valence-corrected chi connectivity index (χ4v) is 2.61. The van der Waals surface area contributed by atoms with Gasteiger partial charge in [-0.15, -0.1) is 0 Å². The van der Waals surface area contributed by atoms with Gasteiger partial charge in [0.25, 0.3) is 0 Å². The molecule has 0 bridgehead atoms. The van der Waals surface area contributed by atoms with Gasteiger partial charge in [0.15, 0.2) is 0 Å². The summed E-state index contributed by atoms with van der Waals surface area (Å²) < 4.78 is 5.30. The van der Waals surface area contributed by atoms with Crippen molar-refractivity contribution in [1.82, 2.24) is 4.90 Å². The van der Waals surface area contributed by atoms with Crippen LogP contribution in [0.1, 0.15) is 19.3 Å². The van der Waals surface area contributed by atoms with E-state index in [2.05, 4.69) is 4.90 Å². The van der Waals surface area contributed by atoms with Crippen molar-refractivity contribution < 1.29 is 9.84 Å². The number of unbranched alkanes of at least 4 members (excludes halogenated alkanes) is 2. The van der Waals surface area contributed by atoms with Crippen LogP contribution in [0.15, 0.2) is 0 Å². The largest absolute Gasteiger partial charge is 0.396 e. The van der Waals surface area contributed by atoms with Crippen molar-refractivity contribution in [3.63, 3.8) is 0 Å². The maximum Gasteiger partial charge on any atom is 0.0594 e. The molecule has 0 amide bonds. The van der Waals surface area contributed by atoms with Crippen molar-refractivity contribution in [3.05, 3.63) is 0 Å². The topological polar surface area (TPSA) is 32.7 Å². The highest BCUT2D eigenvalue weighted by molar-refractivity contribution is 7.99. The Morgan fingerprint density at radius 3 is 2.60 bits per heavy atom. The van der Waals surface area contributed by atoms with E-state index in [1.54, 1.807) is 0 Å². The number of hydrogen-bond donors (Lipinski definition) is 1. The second kappa shape index (κ2) is 9.46. The van der Waals surface area contributed by atoms with E-state index in [4.69, 9.17) is 9.84 Å². The first-order valence-corrected chi connectivity index (χ1v) is 7.07. The van der Waals surface area contributed by atoms with Gasteiger partial charge in [-0.2, -0.15) is 11.8 Å². The van der Waals surface area contributed by atoms with Gasteiger partial charge in [-0.25, -0.2) is 0 Å². The van der Waals surface area contributed by atoms with Gasteiger partial charge in [-0.1, -0.05) is 6.42 Å². The summed E-state index contributed by atoms with van der Waals surface area (Å²) >= 11 is 2.03. The van der Waals surface area contributed by atoms with Crippen LogP contribution in [0, 0.1) is 0 Å². The van der Waals surface area contributed by atoms with Crippen LogP contribution in [0.25, 0.3) is 0 Å². The second-order valence-electron chi connectivity index (χ2n) is 3.85. The highest BCUT2D eigenvalue weighted by Crippen LogP contribution is 2.07. The van der Waals surface area contributed by atoms with Crippen molar-refractivity contribution in [3.8, 4) is 0 Å². The van der Waals surface area contributed by atoms with Gasteiger partial charge in [-0.3, -0.25) is 4.90 Å². The molecule has 0 unspecified atom stereocenters. The van der Waals surface area contributed by atoms with Gasteiger partial charge in [-0.05, 0) is 18.6 Å². The third kappa shape index (κ3) is 7.17. The molecule has 1 saturated heterocycles. The van der Waals surface area contributed by atoms with E-state index in [0.29, 0.717) is 6.61 Å². The lowest BCUT2D eigenvalue weighted by atomic mass is 10.3. The molecule has 1 heterocycles. The fraction of sp³-hybridized carbons (Fsp3) is 1.00. The molecule has 0 spiro atoms. The zero-order valence-electron chi connectivity index (χ0n) is 9.49. The van der Waals surface area contributed by atoms with Crippen LogP contribution >= 0.6 is 11.8 Å². The van der Waals surface area contributed by atoms with Crippen molar-refractivity contribution in [1.29, 1.82) is 0 Å². The van der Waals surface area contributed by atoms with Crippen molar-refractivity contribution >= 4 is 11.8 Å². The minimum Gasteiger partial charge on any atom is -0.396 e. The monoisotopic (exact) mass is 233 g/mol. The van der Waals surface area contributed by atoms with Crippen molar-refractivity contribution in [2.24, 2.45) is 0 Å². The Morgan fingerprint density at radius 1 is 1.07 bits per heavy atom. The highest BCUT2D eigenvalue weighted by Gasteiger charge is 2.08. The van der Waals surface area contributed by atoms with Crippen LogP contribution in [0.5, 0.6) is 0 Å². The Kier molecular flexibility index (Phi) is 8.38. The predicted molar refractivity (Wildman–Crippen MR) is 65.5 cm³/mol. The van der Waals surface area contributed by atoms with Gasteiger partial charge in [0, 0.05) is 32.0 Å². The van der Waals surface area contributed by atoms with Gasteiger partial charge >= 0.3 is 0 Å². The summed E-state index contributed by atoms with van der Waals surface area (Å²) in [4.78, 5) is 2.48. The summed E-state index contributed by atoms with van der Waals surface area (Å²) in [6.07, 6.45) is 3.37. The van der Waals surface area contributed by atoms with E-state index in [-0.39, 0.29) is 0 Å². The fourth-order valence-electron chi connectivity index (χ4n) is 1.61. The second-order valence-corrected chi connectivity index (χ2v) is 5.08. The number of aliphatic hydroxyl groups is 1. The van der Waals surface area contributed by atoms with E-state index in [0.717, 1.165) is 32.7 Å². The SMILES string of the molecule is OCCCCCSCCN1CCOCC1. The zero-order valence-corrected chi connectivity index (χ0v) is 10.3. The Morgan fingerprint density at radius 2 is 1.87 bits per heavy atom. The predicted octanol–water partition coefficient (Wildman–Crippen LogP) is 1.21. The Balaban J connectivity index is 1.79.